The number of hydrogen-bond donors (Lipinski definition) is 0. The van der Waals surface area contributed by atoms with E-state index in [4.69, 9.17) is 14.6 Å². The molecule has 2 aromatic rings. The number of amides is 2. The summed E-state index contributed by atoms with van der Waals surface area (Å²) in [4.78, 5) is 31.1. The lowest BCUT2D eigenvalue weighted by Crippen LogP contribution is -2.41. The molecule has 5 rings (SSSR count). The van der Waals surface area contributed by atoms with Gasteiger partial charge < -0.3 is 19.3 Å². The first-order valence-corrected chi connectivity index (χ1v) is 13.5. The van der Waals surface area contributed by atoms with Gasteiger partial charge in [0.1, 0.15) is 5.60 Å². The molecule has 35 heavy (non-hydrogen) atoms. The Balaban J connectivity index is 1.46. The maximum atomic E-state index is 13.5. The Hall–Kier alpha value is -2.52. The highest BCUT2D eigenvalue weighted by atomic mass is 32.2. The van der Waals surface area contributed by atoms with Gasteiger partial charge in [0.25, 0.3) is 5.91 Å². The summed E-state index contributed by atoms with van der Waals surface area (Å²) in [5, 5.41) is 5.00. The second-order valence-corrected chi connectivity index (χ2v) is 11.4. The van der Waals surface area contributed by atoms with Gasteiger partial charge in [-0.15, -0.1) is 11.8 Å². The van der Waals surface area contributed by atoms with Crippen LogP contribution in [0.25, 0.3) is 11.3 Å². The lowest BCUT2D eigenvalue weighted by Gasteiger charge is -2.26. The van der Waals surface area contributed by atoms with Crippen LogP contribution in [-0.4, -0.2) is 76.6 Å². The Labute approximate surface area is 210 Å². The Morgan fingerprint density at radius 3 is 2.60 bits per heavy atom. The summed E-state index contributed by atoms with van der Waals surface area (Å²) < 4.78 is 13.2. The average molecular weight is 499 g/mol. The third-order valence-electron chi connectivity index (χ3n) is 6.72. The average Bonchev–Trinajstić information content (AvgIpc) is 3.06. The van der Waals surface area contributed by atoms with E-state index in [1.807, 2.05) is 36.6 Å². The normalized spacial score (nSPS) is 20.6. The molecule has 9 heteroatoms. The van der Waals surface area contributed by atoms with Gasteiger partial charge in [-0.05, 0) is 46.1 Å². The van der Waals surface area contributed by atoms with Crippen LogP contribution >= 0.6 is 11.8 Å². The monoisotopic (exact) mass is 498 g/mol. The summed E-state index contributed by atoms with van der Waals surface area (Å²) in [6, 6.07) is 8.49. The molecule has 1 aromatic carbocycles. The molecule has 2 fully saturated rings. The van der Waals surface area contributed by atoms with Gasteiger partial charge in [-0.25, -0.2) is 4.79 Å². The Bertz CT molecular complexity index is 1100. The Kier molecular flexibility index (Phi) is 6.81. The topological polar surface area (TPSA) is 76.9 Å². The highest BCUT2D eigenvalue weighted by molar-refractivity contribution is 7.98. The standard InChI is InChI=1S/C26H34N4O4S/c1-26(2,3)34-25(32)29-11-6-7-18(10-12-29)30-23-19-8-4-5-9-21(19)35-17-20(23)22(27-30)24(31)28-13-15-33-16-14-28/h4-5,8-9,18H,6-7,10-17H2,1-3H3. The van der Waals surface area contributed by atoms with Gasteiger partial charge in [-0.3, -0.25) is 9.48 Å². The van der Waals surface area contributed by atoms with E-state index in [2.05, 4.69) is 22.9 Å². The molecule has 8 nitrogen and oxygen atoms in total. The van der Waals surface area contributed by atoms with E-state index in [9.17, 15) is 9.59 Å². The molecular formula is C26H34N4O4S. The van der Waals surface area contributed by atoms with Crippen molar-refractivity contribution in [1.82, 2.24) is 19.6 Å². The third kappa shape index (κ3) is 5.07. The number of carbonyl (C=O) groups excluding carboxylic acids is 2. The van der Waals surface area contributed by atoms with Gasteiger partial charge in [0.2, 0.25) is 0 Å². The van der Waals surface area contributed by atoms with E-state index in [0.717, 1.165) is 41.8 Å². The number of rotatable bonds is 2. The van der Waals surface area contributed by atoms with Crippen LogP contribution in [0.3, 0.4) is 0 Å². The summed E-state index contributed by atoms with van der Waals surface area (Å²) in [7, 11) is 0. The number of carbonyl (C=O) groups is 2. The molecule has 0 spiro atoms. The molecule has 1 unspecified atom stereocenters. The van der Waals surface area contributed by atoms with E-state index in [-0.39, 0.29) is 18.0 Å². The molecule has 3 aliphatic heterocycles. The number of aromatic nitrogens is 2. The molecule has 0 radical (unpaired) electrons. The molecule has 188 valence electrons. The van der Waals surface area contributed by atoms with E-state index in [1.54, 1.807) is 11.8 Å². The molecule has 0 N–H and O–H groups in total. The molecule has 0 aliphatic carbocycles. The SMILES string of the molecule is CC(C)(C)OC(=O)N1CCCC(n2nc(C(=O)N3CCOCC3)c3c2-c2ccccc2SC3)CC1. The van der Waals surface area contributed by atoms with Crippen molar-refractivity contribution in [3.63, 3.8) is 0 Å². The van der Waals surface area contributed by atoms with E-state index in [0.29, 0.717) is 45.1 Å². The number of hydrogen-bond acceptors (Lipinski definition) is 6. The number of nitrogens with zero attached hydrogens (tertiary/aromatic N) is 4. The zero-order valence-electron chi connectivity index (χ0n) is 20.8. The number of morpholine rings is 1. The van der Waals surface area contributed by atoms with Crippen LogP contribution in [0.15, 0.2) is 29.2 Å². The summed E-state index contributed by atoms with van der Waals surface area (Å²) in [5.41, 5.74) is 3.28. The maximum absolute atomic E-state index is 13.5. The second-order valence-electron chi connectivity index (χ2n) is 10.4. The van der Waals surface area contributed by atoms with Crippen LogP contribution in [-0.2, 0) is 15.2 Å². The van der Waals surface area contributed by atoms with Crippen LogP contribution in [0.1, 0.15) is 62.1 Å². The smallest absolute Gasteiger partial charge is 0.410 e. The van der Waals surface area contributed by atoms with Crippen molar-refractivity contribution in [2.24, 2.45) is 0 Å². The molecule has 2 saturated heterocycles. The van der Waals surface area contributed by atoms with E-state index < -0.39 is 5.60 Å². The largest absolute Gasteiger partial charge is 0.444 e. The fourth-order valence-electron chi connectivity index (χ4n) is 5.01. The van der Waals surface area contributed by atoms with Crippen LogP contribution in [0.5, 0.6) is 0 Å². The number of benzene rings is 1. The molecule has 0 bridgehead atoms. The van der Waals surface area contributed by atoms with Gasteiger partial charge in [-0.1, -0.05) is 18.2 Å². The van der Waals surface area contributed by atoms with E-state index in [1.165, 1.54) is 4.90 Å². The highest BCUT2D eigenvalue weighted by Gasteiger charge is 2.34. The molecule has 3 aliphatic rings. The van der Waals surface area contributed by atoms with Crippen LogP contribution in [0.2, 0.25) is 0 Å². The number of likely N-dealkylation sites (tertiary alicyclic amines) is 1. The first-order chi connectivity index (χ1) is 16.8. The molecule has 2 amide bonds. The van der Waals surface area contributed by atoms with E-state index >= 15 is 0 Å². The fraction of sp³-hybridized carbons (Fsp3) is 0.577. The summed E-state index contributed by atoms with van der Waals surface area (Å²) >= 11 is 1.77. The number of ether oxygens (including phenoxy) is 2. The quantitative estimate of drug-likeness (QED) is 0.603. The number of fused-ring (bicyclic) bond motifs is 3. The fourth-order valence-corrected chi connectivity index (χ4v) is 6.08. The van der Waals surface area contributed by atoms with Gasteiger partial charge in [-0.2, -0.15) is 5.10 Å². The Morgan fingerprint density at radius 1 is 1.06 bits per heavy atom. The van der Waals surface area contributed by atoms with Crippen molar-refractivity contribution >= 4 is 23.8 Å². The molecule has 1 atom stereocenters. The minimum atomic E-state index is -0.514. The van der Waals surface area contributed by atoms with Gasteiger partial charge in [0.15, 0.2) is 5.69 Å². The van der Waals surface area contributed by atoms with Crippen molar-refractivity contribution in [2.45, 2.75) is 62.3 Å². The lowest BCUT2D eigenvalue weighted by molar-refractivity contribution is 0.0255. The number of thioether (sulfide) groups is 1. The first kappa shape index (κ1) is 24.2. The van der Waals surface area contributed by atoms with Gasteiger partial charge in [0, 0.05) is 48.0 Å². The Morgan fingerprint density at radius 2 is 1.83 bits per heavy atom. The summed E-state index contributed by atoms with van der Waals surface area (Å²) in [6.07, 6.45) is 2.27. The van der Waals surface area contributed by atoms with Crippen molar-refractivity contribution in [1.29, 1.82) is 0 Å². The van der Waals surface area contributed by atoms with Crippen LogP contribution < -0.4 is 0 Å². The van der Waals surface area contributed by atoms with Crippen molar-refractivity contribution in [2.75, 3.05) is 39.4 Å². The van der Waals surface area contributed by atoms with Gasteiger partial charge >= 0.3 is 6.09 Å². The summed E-state index contributed by atoms with van der Waals surface area (Å²) in [6.45, 7) is 9.28. The minimum absolute atomic E-state index is 0.00714. The summed E-state index contributed by atoms with van der Waals surface area (Å²) in [5.74, 6) is 0.724. The zero-order chi connectivity index (χ0) is 24.6. The van der Waals surface area contributed by atoms with Crippen molar-refractivity contribution < 1.29 is 19.1 Å². The molecule has 1 aromatic heterocycles. The van der Waals surface area contributed by atoms with Crippen molar-refractivity contribution in [3.8, 4) is 11.3 Å². The van der Waals surface area contributed by atoms with Gasteiger partial charge in [0.05, 0.1) is 24.9 Å². The maximum Gasteiger partial charge on any atom is 0.410 e. The molecular weight excluding hydrogens is 464 g/mol. The lowest BCUT2D eigenvalue weighted by atomic mass is 10.0. The minimum Gasteiger partial charge on any atom is -0.444 e. The second kappa shape index (κ2) is 9.85. The predicted octanol–water partition coefficient (Wildman–Crippen LogP) is 4.59. The molecule has 4 heterocycles. The van der Waals surface area contributed by atoms with Crippen LogP contribution in [0, 0.1) is 0 Å². The third-order valence-corrected chi connectivity index (χ3v) is 7.82. The predicted molar refractivity (Wildman–Crippen MR) is 135 cm³/mol. The molecule has 0 saturated carbocycles. The zero-order valence-corrected chi connectivity index (χ0v) is 21.6. The first-order valence-electron chi connectivity index (χ1n) is 12.5. The van der Waals surface area contributed by atoms with Crippen molar-refractivity contribution in [3.05, 3.63) is 35.5 Å². The van der Waals surface area contributed by atoms with Crippen LogP contribution in [0.4, 0.5) is 4.79 Å². The highest BCUT2D eigenvalue weighted by Crippen LogP contribution is 2.44.